The predicted octanol–water partition coefficient (Wildman–Crippen LogP) is 4.69. The highest BCUT2D eigenvalue weighted by Gasteiger charge is 2.35. The van der Waals surface area contributed by atoms with Gasteiger partial charge in [-0.2, -0.15) is 13.2 Å². The lowest BCUT2D eigenvalue weighted by molar-refractivity contribution is -0.138. The summed E-state index contributed by atoms with van der Waals surface area (Å²) in [6.45, 7) is 3.71. The molecule has 0 bridgehead atoms. The number of rotatable bonds is 2. The van der Waals surface area contributed by atoms with E-state index in [1.807, 2.05) is 19.9 Å². The normalized spacial score (nSPS) is 11.5. The van der Waals surface area contributed by atoms with E-state index in [0.717, 1.165) is 23.3 Å². The summed E-state index contributed by atoms with van der Waals surface area (Å²) in [7, 11) is 0. The lowest BCUT2D eigenvalue weighted by atomic mass is 9.96. The van der Waals surface area contributed by atoms with E-state index >= 15 is 0 Å². The molecule has 0 aliphatic rings. The lowest BCUT2D eigenvalue weighted by Gasteiger charge is -2.13. The zero-order valence-electron chi connectivity index (χ0n) is 11.5. The number of aromatic carboxylic acids is 1. The molecule has 0 saturated carbocycles. The van der Waals surface area contributed by atoms with Crippen molar-refractivity contribution in [2.45, 2.75) is 20.0 Å². The van der Waals surface area contributed by atoms with Gasteiger partial charge in [0.2, 0.25) is 0 Å². The number of carboxylic acids is 1. The summed E-state index contributed by atoms with van der Waals surface area (Å²) >= 11 is 0. The number of benzene rings is 2. The van der Waals surface area contributed by atoms with Crippen LogP contribution in [0, 0.1) is 13.8 Å². The summed E-state index contributed by atoms with van der Waals surface area (Å²) in [4.78, 5) is 10.9. The standard InChI is InChI=1S/C16H13F3O2/c1-9-5-10(2)7-12(6-9)11-3-4-13(15(20)21)14(8-11)16(17,18)19/h3-8H,1-2H3,(H,20,21). The molecule has 5 heteroatoms. The lowest BCUT2D eigenvalue weighted by Crippen LogP contribution is -2.13. The Balaban J connectivity index is 2.64. The smallest absolute Gasteiger partial charge is 0.417 e. The van der Waals surface area contributed by atoms with Crippen molar-refractivity contribution in [1.29, 1.82) is 0 Å². The van der Waals surface area contributed by atoms with Crippen molar-refractivity contribution >= 4 is 5.97 Å². The molecule has 0 fully saturated rings. The molecule has 2 nitrogen and oxygen atoms in total. The zero-order chi connectivity index (χ0) is 15.8. The zero-order valence-corrected chi connectivity index (χ0v) is 11.5. The summed E-state index contributed by atoms with van der Waals surface area (Å²) in [5, 5.41) is 8.88. The first kappa shape index (κ1) is 15.1. The maximum absolute atomic E-state index is 13.0. The quantitative estimate of drug-likeness (QED) is 0.872. The Kier molecular flexibility index (Phi) is 3.77. The van der Waals surface area contributed by atoms with Crippen LogP contribution in [-0.4, -0.2) is 11.1 Å². The van der Waals surface area contributed by atoms with Crippen LogP contribution in [0.3, 0.4) is 0 Å². The van der Waals surface area contributed by atoms with Crippen LogP contribution in [0.5, 0.6) is 0 Å². The molecule has 2 aromatic carbocycles. The Hall–Kier alpha value is -2.30. The monoisotopic (exact) mass is 294 g/mol. The average molecular weight is 294 g/mol. The van der Waals surface area contributed by atoms with Gasteiger partial charge >= 0.3 is 12.1 Å². The number of hydrogen-bond acceptors (Lipinski definition) is 1. The molecule has 0 heterocycles. The van der Waals surface area contributed by atoms with E-state index in [1.54, 1.807) is 12.1 Å². The van der Waals surface area contributed by atoms with Crippen LogP contribution in [0.4, 0.5) is 13.2 Å². The third-order valence-electron chi connectivity index (χ3n) is 3.11. The van der Waals surface area contributed by atoms with Gasteiger partial charge in [-0.25, -0.2) is 4.79 Å². The summed E-state index contributed by atoms with van der Waals surface area (Å²) in [6, 6.07) is 8.73. The molecule has 0 spiro atoms. The molecular formula is C16H13F3O2. The first-order chi connectivity index (χ1) is 9.68. The Morgan fingerprint density at radius 2 is 1.52 bits per heavy atom. The number of aryl methyl sites for hydroxylation is 2. The topological polar surface area (TPSA) is 37.3 Å². The Bertz CT molecular complexity index is 683. The Morgan fingerprint density at radius 1 is 0.952 bits per heavy atom. The second-order valence-electron chi connectivity index (χ2n) is 4.94. The molecule has 2 aromatic rings. The predicted molar refractivity (Wildman–Crippen MR) is 73.3 cm³/mol. The number of carboxylic acid groups (broad SMARTS) is 1. The minimum absolute atomic E-state index is 0.346. The SMILES string of the molecule is Cc1cc(C)cc(-c2ccc(C(=O)O)c(C(F)(F)F)c2)c1. The van der Waals surface area contributed by atoms with E-state index in [9.17, 15) is 18.0 Å². The summed E-state index contributed by atoms with van der Waals surface area (Å²) in [6.07, 6.45) is -4.71. The van der Waals surface area contributed by atoms with Crippen LogP contribution in [0.2, 0.25) is 0 Å². The van der Waals surface area contributed by atoms with Crippen LogP contribution in [0.25, 0.3) is 11.1 Å². The summed E-state index contributed by atoms with van der Waals surface area (Å²) < 4.78 is 39.0. The summed E-state index contributed by atoms with van der Waals surface area (Å²) in [5.74, 6) is -1.59. The van der Waals surface area contributed by atoms with Gasteiger partial charge in [-0.1, -0.05) is 35.4 Å². The third kappa shape index (κ3) is 3.24. The molecule has 0 atom stereocenters. The fraction of sp³-hybridized carbons (Fsp3) is 0.188. The second-order valence-corrected chi connectivity index (χ2v) is 4.94. The van der Waals surface area contributed by atoms with E-state index < -0.39 is 23.3 Å². The van der Waals surface area contributed by atoms with Crippen molar-refractivity contribution in [2.24, 2.45) is 0 Å². The Labute approximate surface area is 119 Å². The van der Waals surface area contributed by atoms with E-state index in [4.69, 9.17) is 5.11 Å². The highest BCUT2D eigenvalue weighted by atomic mass is 19.4. The van der Waals surface area contributed by atoms with Crippen molar-refractivity contribution in [3.05, 3.63) is 58.7 Å². The number of alkyl halides is 3. The second kappa shape index (κ2) is 5.24. The van der Waals surface area contributed by atoms with E-state index in [1.165, 1.54) is 6.07 Å². The van der Waals surface area contributed by atoms with E-state index in [0.29, 0.717) is 11.1 Å². The largest absolute Gasteiger partial charge is 0.478 e. The van der Waals surface area contributed by atoms with Crippen molar-refractivity contribution in [2.75, 3.05) is 0 Å². The van der Waals surface area contributed by atoms with Gasteiger partial charge in [0, 0.05) is 0 Å². The van der Waals surface area contributed by atoms with Crippen LogP contribution in [0.15, 0.2) is 36.4 Å². The molecule has 0 amide bonds. The fourth-order valence-electron chi connectivity index (χ4n) is 2.29. The van der Waals surface area contributed by atoms with E-state index in [-0.39, 0.29) is 0 Å². The highest BCUT2D eigenvalue weighted by Crippen LogP contribution is 2.35. The van der Waals surface area contributed by atoms with Gasteiger partial charge < -0.3 is 5.11 Å². The van der Waals surface area contributed by atoms with E-state index in [2.05, 4.69) is 0 Å². The minimum Gasteiger partial charge on any atom is -0.478 e. The molecule has 0 aromatic heterocycles. The van der Waals surface area contributed by atoms with Crippen LogP contribution < -0.4 is 0 Å². The van der Waals surface area contributed by atoms with Gasteiger partial charge in [-0.15, -0.1) is 0 Å². The Morgan fingerprint density at radius 3 is 2.00 bits per heavy atom. The van der Waals surface area contributed by atoms with Crippen molar-refractivity contribution < 1.29 is 23.1 Å². The van der Waals surface area contributed by atoms with Gasteiger partial charge in [0.15, 0.2) is 0 Å². The number of hydrogen-bond donors (Lipinski definition) is 1. The van der Waals surface area contributed by atoms with Crippen molar-refractivity contribution in [3.8, 4) is 11.1 Å². The first-order valence-corrected chi connectivity index (χ1v) is 6.21. The maximum atomic E-state index is 13.0. The molecule has 0 aliphatic heterocycles. The van der Waals surface area contributed by atoms with Crippen LogP contribution in [0.1, 0.15) is 27.0 Å². The van der Waals surface area contributed by atoms with Crippen LogP contribution in [-0.2, 0) is 6.18 Å². The van der Waals surface area contributed by atoms with Gasteiger partial charge in [0.1, 0.15) is 0 Å². The molecule has 0 aliphatic carbocycles. The molecule has 0 unspecified atom stereocenters. The average Bonchev–Trinajstić information content (AvgIpc) is 2.35. The first-order valence-electron chi connectivity index (χ1n) is 6.21. The molecule has 2 rings (SSSR count). The van der Waals surface area contributed by atoms with Crippen molar-refractivity contribution in [3.63, 3.8) is 0 Å². The molecule has 21 heavy (non-hydrogen) atoms. The summed E-state index contributed by atoms with van der Waals surface area (Å²) in [5.41, 5.74) is 0.970. The molecule has 1 N–H and O–H groups in total. The maximum Gasteiger partial charge on any atom is 0.417 e. The van der Waals surface area contributed by atoms with Gasteiger partial charge in [0.05, 0.1) is 11.1 Å². The molecule has 0 saturated heterocycles. The van der Waals surface area contributed by atoms with Gasteiger partial charge in [-0.05, 0) is 37.1 Å². The minimum atomic E-state index is -4.71. The highest BCUT2D eigenvalue weighted by molar-refractivity contribution is 5.90. The van der Waals surface area contributed by atoms with Crippen molar-refractivity contribution in [1.82, 2.24) is 0 Å². The molecular weight excluding hydrogens is 281 g/mol. The molecule has 0 radical (unpaired) electrons. The van der Waals surface area contributed by atoms with Gasteiger partial charge in [0.25, 0.3) is 0 Å². The number of halogens is 3. The van der Waals surface area contributed by atoms with Gasteiger partial charge in [-0.3, -0.25) is 0 Å². The number of carbonyl (C=O) groups is 1. The molecule has 110 valence electrons. The third-order valence-corrected chi connectivity index (χ3v) is 3.11. The van der Waals surface area contributed by atoms with Crippen LogP contribution >= 0.6 is 0 Å². The fourth-order valence-corrected chi connectivity index (χ4v) is 2.29.